The second-order valence-electron chi connectivity index (χ2n) is 5.29. The fourth-order valence-electron chi connectivity index (χ4n) is 2.84. The molecule has 3 rings (SSSR count). The number of imidazole rings is 1. The van der Waals surface area contributed by atoms with Crippen molar-refractivity contribution in [1.29, 1.82) is 0 Å². The Hall–Kier alpha value is -1.28. The van der Waals surface area contributed by atoms with Gasteiger partial charge in [-0.3, -0.25) is 4.40 Å². The molecule has 1 saturated heterocycles. The summed E-state index contributed by atoms with van der Waals surface area (Å²) in [5.74, 6) is -0.571. The first-order valence-electron chi connectivity index (χ1n) is 6.91. The molecule has 2 aromatic heterocycles. The molecule has 2 aromatic rings. The number of rotatable bonds is 3. The summed E-state index contributed by atoms with van der Waals surface area (Å²) < 4.78 is 40.8. The molecule has 0 aromatic carbocycles. The van der Waals surface area contributed by atoms with Crippen molar-refractivity contribution in [2.24, 2.45) is 5.92 Å². The Balaban J connectivity index is 1.92. The monoisotopic (exact) mass is 318 g/mol. The topological polar surface area (TPSA) is 32.6 Å². The van der Waals surface area contributed by atoms with Crippen LogP contribution in [0.2, 0.25) is 0 Å². The fraction of sp³-hybridized carbons (Fsp3) is 0.615. The Bertz CT molecular complexity index is 618. The number of halogens is 3. The van der Waals surface area contributed by atoms with Gasteiger partial charge in [-0.05, 0) is 19.9 Å². The number of aromatic nitrogens is 2. The average molecular weight is 318 g/mol. The zero-order valence-electron chi connectivity index (χ0n) is 11.7. The molecule has 21 heavy (non-hydrogen) atoms. The normalized spacial score (nSPS) is 20.4. The van der Waals surface area contributed by atoms with E-state index >= 15 is 0 Å². The standard InChI is InChI=1S/C13H17F3N4S/c1-17-7-10-11(18-12-20(10)5-6-21-12)19-4-2-3-9(8-19)13(14,15)16/h5-6,9,17H,2-4,7-8H2,1H3. The van der Waals surface area contributed by atoms with Crippen LogP contribution < -0.4 is 10.2 Å². The smallest absolute Gasteiger partial charge is 0.354 e. The SMILES string of the molecule is CNCc1c(N2CCCC(C(F)(F)F)C2)nc2sccn12. The van der Waals surface area contributed by atoms with Crippen molar-refractivity contribution in [3.05, 3.63) is 17.3 Å². The van der Waals surface area contributed by atoms with Crippen molar-refractivity contribution in [3.63, 3.8) is 0 Å². The molecule has 1 aliphatic rings. The molecule has 0 amide bonds. The van der Waals surface area contributed by atoms with Crippen molar-refractivity contribution in [3.8, 4) is 0 Å². The molecule has 0 spiro atoms. The average Bonchev–Trinajstić information content (AvgIpc) is 3.01. The Morgan fingerprint density at radius 2 is 2.29 bits per heavy atom. The van der Waals surface area contributed by atoms with Crippen LogP contribution in [0.15, 0.2) is 11.6 Å². The van der Waals surface area contributed by atoms with Gasteiger partial charge < -0.3 is 10.2 Å². The fourth-order valence-corrected chi connectivity index (χ4v) is 3.57. The molecule has 0 aliphatic carbocycles. The van der Waals surface area contributed by atoms with Gasteiger partial charge in [-0.25, -0.2) is 4.98 Å². The van der Waals surface area contributed by atoms with E-state index in [0.29, 0.717) is 25.3 Å². The molecule has 116 valence electrons. The van der Waals surface area contributed by atoms with Crippen LogP contribution in [0, 0.1) is 5.92 Å². The second-order valence-corrected chi connectivity index (χ2v) is 6.17. The molecule has 0 saturated carbocycles. The molecular weight excluding hydrogens is 301 g/mol. The number of alkyl halides is 3. The highest BCUT2D eigenvalue weighted by molar-refractivity contribution is 7.15. The lowest BCUT2D eigenvalue weighted by atomic mass is 9.97. The van der Waals surface area contributed by atoms with Gasteiger partial charge in [0.1, 0.15) is 0 Å². The maximum absolute atomic E-state index is 13.0. The predicted molar refractivity (Wildman–Crippen MR) is 76.8 cm³/mol. The zero-order valence-corrected chi connectivity index (χ0v) is 12.5. The van der Waals surface area contributed by atoms with E-state index in [1.807, 2.05) is 23.0 Å². The third-order valence-electron chi connectivity index (χ3n) is 3.87. The van der Waals surface area contributed by atoms with E-state index in [1.54, 1.807) is 4.90 Å². The van der Waals surface area contributed by atoms with Crippen molar-refractivity contribution >= 4 is 22.1 Å². The van der Waals surface area contributed by atoms with Gasteiger partial charge in [-0.2, -0.15) is 13.2 Å². The predicted octanol–water partition coefficient (Wildman–Crippen LogP) is 2.89. The Morgan fingerprint density at radius 3 is 3.00 bits per heavy atom. The molecule has 1 unspecified atom stereocenters. The minimum atomic E-state index is -4.13. The molecule has 3 heterocycles. The minimum absolute atomic E-state index is 0.00501. The van der Waals surface area contributed by atoms with Gasteiger partial charge in [0, 0.05) is 31.2 Å². The van der Waals surface area contributed by atoms with Crippen molar-refractivity contribution < 1.29 is 13.2 Å². The van der Waals surface area contributed by atoms with Gasteiger partial charge in [-0.1, -0.05) is 0 Å². The number of hydrogen-bond acceptors (Lipinski definition) is 4. The van der Waals surface area contributed by atoms with Crippen molar-refractivity contribution in [1.82, 2.24) is 14.7 Å². The van der Waals surface area contributed by atoms with Gasteiger partial charge in [-0.15, -0.1) is 11.3 Å². The Kier molecular flexibility index (Phi) is 3.83. The van der Waals surface area contributed by atoms with Gasteiger partial charge in [0.25, 0.3) is 0 Å². The highest BCUT2D eigenvalue weighted by Gasteiger charge is 2.42. The van der Waals surface area contributed by atoms with Crippen LogP contribution in [-0.2, 0) is 6.54 Å². The van der Waals surface area contributed by atoms with Crippen molar-refractivity contribution in [2.75, 3.05) is 25.0 Å². The summed E-state index contributed by atoms with van der Waals surface area (Å²) in [5, 5.41) is 5.00. The summed E-state index contributed by atoms with van der Waals surface area (Å²) in [7, 11) is 1.82. The van der Waals surface area contributed by atoms with E-state index < -0.39 is 12.1 Å². The number of thiazole rings is 1. The molecule has 1 fully saturated rings. The van der Waals surface area contributed by atoms with Crippen LogP contribution in [0.25, 0.3) is 4.96 Å². The van der Waals surface area contributed by atoms with Crippen LogP contribution in [0.3, 0.4) is 0 Å². The Labute approximate surface area is 124 Å². The number of piperidine rings is 1. The number of nitrogens with zero attached hydrogens (tertiary/aromatic N) is 3. The zero-order chi connectivity index (χ0) is 15.0. The molecule has 1 aliphatic heterocycles. The van der Waals surface area contributed by atoms with Gasteiger partial charge in [0.05, 0.1) is 11.6 Å². The van der Waals surface area contributed by atoms with Crippen LogP contribution in [0.5, 0.6) is 0 Å². The second kappa shape index (κ2) is 5.49. The summed E-state index contributed by atoms with van der Waals surface area (Å²) in [6.07, 6.45) is -1.45. The molecular formula is C13H17F3N4S. The van der Waals surface area contributed by atoms with E-state index in [0.717, 1.165) is 10.7 Å². The van der Waals surface area contributed by atoms with Gasteiger partial charge in [0.15, 0.2) is 10.8 Å². The van der Waals surface area contributed by atoms with Crippen LogP contribution in [0.4, 0.5) is 19.0 Å². The molecule has 0 radical (unpaired) electrons. The highest BCUT2D eigenvalue weighted by atomic mass is 32.1. The van der Waals surface area contributed by atoms with E-state index in [-0.39, 0.29) is 13.0 Å². The first-order valence-corrected chi connectivity index (χ1v) is 7.79. The molecule has 1 atom stereocenters. The summed E-state index contributed by atoms with van der Waals surface area (Å²) in [5.41, 5.74) is 0.927. The number of anilines is 1. The van der Waals surface area contributed by atoms with Gasteiger partial charge >= 0.3 is 6.18 Å². The summed E-state index contributed by atoms with van der Waals surface area (Å²) in [6.45, 7) is 1.22. The van der Waals surface area contributed by atoms with E-state index in [4.69, 9.17) is 0 Å². The molecule has 4 nitrogen and oxygen atoms in total. The van der Waals surface area contributed by atoms with Crippen LogP contribution in [0.1, 0.15) is 18.5 Å². The van der Waals surface area contributed by atoms with Crippen molar-refractivity contribution in [2.45, 2.75) is 25.6 Å². The van der Waals surface area contributed by atoms with Gasteiger partial charge in [0.2, 0.25) is 0 Å². The Morgan fingerprint density at radius 1 is 1.48 bits per heavy atom. The maximum Gasteiger partial charge on any atom is 0.393 e. The minimum Gasteiger partial charge on any atom is -0.354 e. The molecule has 8 heteroatoms. The van der Waals surface area contributed by atoms with Crippen LogP contribution in [-0.4, -0.2) is 35.7 Å². The first-order chi connectivity index (χ1) is 10.0. The molecule has 0 bridgehead atoms. The lowest BCUT2D eigenvalue weighted by molar-refractivity contribution is -0.176. The number of fused-ring (bicyclic) bond motifs is 1. The largest absolute Gasteiger partial charge is 0.393 e. The summed E-state index contributed by atoms with van der Waals surface area (Å²) >= 11 is 1.49. The lowest BCUT2D eigenvalue weighted by Crippen LogP contribution is -2.42. The number of nitrogens with one attached hydrogen (secondary N) is 1. The third-order valence-corrected chi connectivity index (χ3v) is 4.62. The van der Waals surface area contributed by atoms with E-state index in [1.165, 1.54) is 11.3 Å². The highest BCUT2D eigenvalue weighted by Crippen LogP contribution is 2.36. The van der Waals surface area contributed by atoms with E-state index in [9.17, 15) is 13.2 Å². The maximum atomic E-state index is 13.0. The van der Waals surface area contributed by atoms with E-state index in [2.05, 4.69) is 10.3 Å². The van der Waals surface area contributed by atoms with Crippen LogP contribution >= 0.6 is 11.3 Å². The summed E-state index contributed by atoms with van der Waals surface area (Å²) in [4.78, 5) is 7.14. The number of hydrogen-bond donors (Lipinski definition) is 1. The lowest BCUT2D eigenvalue weighted by Gasteiger charge is -2.34. The molecule has 1 N–H and O–H groups in total. The third kappa shape index (κ3) is 2.74. The summed E-state index contributed by atoms with van der Waals surface area (Å²) in [6, 6.07) is 0. The first kappa shape index (κ1) is 14.6. The quantitative estimate of drug-likeness (QED) is 0.944.